The predicted molar refractivity (Wildman–Crippen MR) is 139 cm³/mol. The third-order valence-electron chi connectivity index (χ3n) is 6.22. The number of ether oxygens (including phenoxy) is 1. The Hall–Kier alpha value is -3.41. The molecule has 0 bridgehead atoms. The molecule has 190 valence electrons. The topological polar surface area (TPSA) is 102 Å². The van der Waals surface area contributed by atoms with Gasteiger partial charge in [-0.2, -0.15) is 4.31 Å². The van der Waals surface area contributed by atoms with E-state index in [1.54, 1.807) is 30.5 Å². The van der Waals surface area contributed by atoms with Crippen LogP contribution in [0.5, 0.6) is 5.75 Å². The van der Waals surface area contributed by atoms with Crippen LogP contribution < -0.4 is 15.4 Å². The summed E-state index contributed by atoms with van der Waals surface area (Å²) in [5.74, 6) is 0.207. The quantitative estimate of drug-likeness (QED) is 0.470. The number of aliphatic imine (C=N–C) groups is 1. The lowest BCUT2D eigenvalue weighted by atomic mass is 10.1. The summed E-state index contributed by atoms with van der Waals surface area (Å²) in [4.78, 5) is 9.87. The standard InChI is InChI=1S/C25H29FN6O3S/c1-17-14-20-21(28-17)6-7-22(24(20)26)35-23-8-9-27-25(30-23)29-19-5-3-4-18(15-19)16-31-10-12-32(13-11-31)36(2,33)34/h3-9,14-15,23,28H,10-13,16H2,1-2H3,(H2,27,29,30). The van der Waals surface area contributed by atoms with Crippen molar-refractivity contribution >= 4 is 32.6 Å². The molecule has 2 aliphatic rings. The molecule has 0 radical (unpaired) electrons. The number of aromatic nitrogens is 1. The molecule has 0 amide bonds. The molecular weight excluding hydrogens is 483 g/mol. The lowest BCUT2D eigenvalue weighted by molar-refractivity contribution is 0.182. The average Bonchev–Trinajstić information content (AvgIpc) is 3.22. The molecule has 5 rings (SSSR count). The van der Waals surface area contributed by atoms with Crippen LogP contribution in [-0.2, 0) is 16.6 Å². The fraction of sp³-hybridized carbons (Fsp3) is 0.320. The number of aromatic amines is 1. The van der Waals surface area contributed by atoms with Gasteiger partial charge in [-0.05, 0) is 48.9 Å². The molecule has 11 heteroatoms. The summed E-state index contributed by atoms with van der Waals surface area (Å²) in [6.07, 6.45) is 3.99. The largest absolute Gasteiger partial charge is 0.462 e. The van der Waals surface area contributed by atoms with Gasteiger partial charge in [0.1, 0.15) is 0 Å². The molecule has 0 saturated carbocycles. The van der Waals surface area contributed by atoms with Crippen molar-refractivity contribution in [1.29, 1.82) is 0 Å². The van der Waals surface area contributed by atoms with Crippen LogP contribution in [0.4, 0.5) is 10.1 Å². The van der Waals surface area contributed by atoms with Crippen LogP contribution in [0.15, 0.2) is 59.7 Å². The number of nitrogens with one attached hydrogen (secondary N) is 3. The fourth-order valence-electron chi connectivity index (χ4n) is 4.42. The maximum atomic E-state index is 14.9. The van der Waals surface area contributed by atoms with Crippen LogP contribution >= 0.6 is 0 Å². The minimum atomic E-state index is -3.14. The first kappa shape index (κ1) is 24.3. The van der Waals surface area contributed by atoms with E-state index < -0.39 is 22.1 Å². The SMILES string of the molecule is Cc1cc2c(F)c(OC3C=CNC(Nc4cccc(CN5CCN(S(C)(=O)=O)CC5)c4)=N3)ccc2[nH]1. The van der Waals surface area contributed by atoms with E-state index in [-0.39, 0.29) is 5.75 Å². The van der Waals surface area contributed by atoms with Gasteiger partial charge in [-0.25, -0.2) is 17.8 Å². The van der Waals surface area contributed by atoms with Crippen molar-refractivity contribution < 1.29 is 17.5 Å². The maximum absolute atomic E-state index is 14.9. The first-order valence-electron chi connectivity index (χ1n) is 11.7. The highest BCUT2D eigenvalue weighted by molar-refractivity contribution is 7.88. The van der Waals surface area contributed by atoms with E-state index in [9.17, 15) is 12.8 Å². The molecule has 1 atom stereocenters. The summed E-state index contributed by atoms with van der Waals surface area (Å²) in [7, 11) is -3.14. The third kappa shape index (κ3) is 5.53. The van der Waals surface area contributed by atoms with Crippen LogP contribution in [0.3, 0.4) is 0 Å². The molecule has 1 aromatic heterocycles. The number of sulfonamides is 1. The Balaban J connectivity index is 1.22. The number of piperazine rings is 1. The van der Waals surface area contributed by atoms with E-state index in [0.29, 0.717) is 37.5 Å². The van der Waals surface area contributed by atoms with E-state index in [4.69, 9.17) is 4.74 Å². The second-order valence-electron chi connectivity index (χ2n) is 9.04. The molecule has 3 N–H and O–H groups in total. The molecule has 1 unspecified atom stereocenters. The highest BCUT2D eigenvalue weighted by atomic mass is 32.2. The van der Waals surface area contributed by atoms with Gasteiger partial charge in [0.15, 0.2) is 11.6 Å². The molecule has 9 nitrogen and oxygen atoms in total. The van der Waals surface area contributed by atoms with Crippen LogP contribution in [0.2, 0.25) is 0 Å². The van der Waals surface area contributed by atoms with Crippen molar-refractivity contribution in [2.24, 2.45) is 4.99 Å². The van der Waals surface area contributed by atoms with Crippen molar-refractivity contribution in [2.75, 3.05) is 37.8 Å². The van der Waals surface area contributed by atoms with E-state index in [1.165, 1.54) is 10.6 Å². The van der Waals surface area contributed by atoms with Crippen molar-refractivity contribution in [3.05, 3.63) is 71.8 Å². The zero-order chi connectivity index (χ0) is 25.3. The van der Waals surface area contributed by atoms with Crippen LogP contribution in [0.1, 0.15) is 11.3 Å². The van der Waals surface area contributed by atoms with Gasteiger partial charge in [0.2, 0.25) is 22.2 Å². The third-order valence-corrected chi connectivity index (χ3v) is 7.52. The number of aryl methyl sites for hydroxylation is 1. The number of hydrogen-bond donors (Lipinski definition) is 3. The van der Waals surface area contributed by atoms with Crippen molar-refractivity contribution in [1.82, 2.24) is 19.5 Å². The zero-order valence-corrected chi connectivity index (χ0v) is 21.0. The molecule has 2 aromatic carbocycles. The van der Waals surface area contributed by atoms with Gasteiger partial charge >= 0.3 is 0 Å². The number of benzene rings is 2. The lowest BCUT2D eigenvalue weighted by Gasteiger charge is -2.33. The highest BCUT2D eigenvalue weighted by Crippen LogP contribution is 2.28. The monoisotopic (exact) mass is 512 g/mol. The summed E-state index contributed by atoms with van der Waals surface area (Å²) >= 11 is 0. The maximum Gasteiger partial charge on any atom is 0.214 e. The number of anilines is 1. The Bertz CT molecular complexity index is 1430. The van der Waals surface area contributed by atoms with Gasteiger partial charge < -0.3 is 20.4 Å². The molecular formula is C25H29FN6O3S. The molecule has 3 heterocycles. The van der Waals surface area contributed by atoms with Gasteiger partial charge in [0, 0.05) is 61.2 Å². The summed E-state index contributed by atoms with van der Waals surface area (Å²) in [5.41, 5.74) is 3.55. The fourth-order valence-corrected chi connectivity index (χ4v) is 5.25. The van der Waals surface area contributed by atoms with Gasteiger partial charge in [-0.15, -0.1) is 0 Å². The Kier molecular flexibility index (Phi) is 6.69. The number of guanidine groups is 1. The number of nitrogens with zero attached hydrogens (tertiary/aromatic N) is 3. The van der Waals surface area contributed by atoms with Gasteiger partial charge in [-0.3, -0.25) is 4.90 Å². The smallest absolute Gasteiger partial charge is 0.214 e. The zero-order valence-electron chi connectivity index (χ0n) is 20.2. The minimum Gasteiger partial charge on any atom is -0.462 e. The van der Waals surface area contributed by atoms with Crippen LogP contribution in [-0.4, -0.2) is 67.2 Å². The second kappa shape index (κ2) is 9.92. The van der Waals surface area contributed by atoms with E-state index in [0.717, 1.165) is 29.0 Å². The van der Waals surface area contributed by atoms with E-state index >= 15 is 0 Å². The molecule has 1 saturated heterocycles. The van der Waals surface area contributed by atoms with E-state index in [1.807, 2.05) is 31.2 Å². The predicted octanol–water partition coefficient (Wildman–Crippen LogP) is 2.98. The Morgan fingerprint density at radius 2 is 1.97 bits per heavy atom. The molecule has 3 aromatic rings. The number of hydrogen-bond acceptors (Lipinski definition) is 7. The molecule has 1 fully saturated rings. The number of fused-ring (bicyclic) bond motifs is 1. The van der Waals surface area contributed by atoms with E-state index in [2.05, 4.69) is 25.5 Å². The first-order valence-corrected chi connectivity index (χ1v) is 13.6. The summed E-state index contributed by atoms with van der Waals surface area (Å²) in [6, 6.07) is 13.1. The highest BCUT2D eigenvalue weighted by Gasteiger charge is 2.23. The van der Waals surface area contributed by atoms with Crippen LogP contribution in [0, 0.1) is 12.7 Å². The van der Waals surface area contributed by atoms with Crippen molar-refractivity contribution in [3.63, 3.8) is 0 Å². The summed E-state index contributed by atoms with van der Waals surface area (Å²) < 4.78 is 45.7. The average molecular weight is 513 g/mol. The van der Waals surface area contributed by atoms with Gasteiger partial charge in [0.25, 0.3) is 0 Å². The van der Waals surface area contributed by atoms with Crippen molar-refractivity contribution in [3.8, 4) is 5.75 Å². The number of rotatable bonds is 6. The Morgan fingerprint density at radius 3 is 2.75 bits per heavy atom. The summed E-state index contributed by atoms with van der Waals surface area (Å²) in [6.45, 7) is 4.98. The molecule has 0 spiro atoms. The molecule has 36 heavy (non-hydrogen) atoms. The molecule has 2 aliphatic heterocycles. The second-order valence-corrected chi connectivity index (χ2v) is 11.0. The number of halogens is 1. The van der Waals surface area contributed by atoms with Crippen molar-refractivity contribution in [2.45, 2.75) is 19.7 Å². The minimum absolute atomic E-state index is 0.138. The number of H-pyrrole nitrogens is 1. The summed E-state index contributed by atoms with van der Waals surface area (Å²) in [5, 5.41) is 6.80. The Morgan fingerprint density at radius 1 is 1.17 bits per heavy atom. The van der Waals surface area contributed by atoms with Crippen LogP contribution in [0.25, 0.3) is 10.9 Å². The molecule has 0 aliphatic carbocycles. The lowest BCUT2D eigenvalue weighted by Crippen LogP contribution is -2.47. The Labute approximate surface area is 209 Å². The normalized spacial score (nSPS) is 19.2. The van der Waals surface area contributed by atoms with Gasteiger partial charge in [0.05, 0.1) is 6.26 Å². The van der Waals surface area contributed by atoms with Gasteiger partial charge in [-0.1, -0.05) is 12.1 Å². The first-order chi connectivity index (χ1) is 17.2.